The van der Waals surface area contributed by atoms with E-state index in [1.165, 1.54) is 0 Å². The normalized spacial score (nSPS) is 24.5. The van der Waals surface area contributed by atoms with Crippen molar-refractivity contribution in [3.8, 4) is 0 Å². The van der Waals surface area contributed by atoms with E-state index in [-0.39, 0.29) is 5.92 Å². The van der Waals surface area contributed by atoms with Gasteiger partial charge in [0, 0.05) is 12.5 Å². The van der Waals surface area contributed by atoms with Crippen molar-refractivity contribution in [2.45, 2.75) is 25.8 Å². The Kier molecular flexibility index (Phi) is 4.18. The lowest BCUT2D eigenvalue weighted by molar-refractivity contribution is -0.141. The number of hydrogen-bond donors (Lipinski definition) is 2. The zero-order valence-electron chi connectivity index (χ0n) is 7.95. The topological polar surface area (TPSA) is 58.6 Å². The van der Waals surface area contributed by atoms with Crippen LogP contribution in [0.1, 0.15) is 19.8 Å². The van der Waals surface area contributed by atoms with Crippen molar-refractivity contribution in [2.75, 3.05) is 19.8 Å². The summed E-state index contributed by atoms with van der Waals surface area (Å²) in [6.07, 6.45) is 1.81. The first-order valence-corrected chi connectivity index (χ1v) is 4.79. The third-order valence-electron chi connectivity index (χ3n) is 2.32. The summed E-state index contributed by atoms with van der Waals surface area (Å²) in [6.45, 7) is 4.06. The Morgan fingerprint density at radius 2 is 2.54 bits per heavy atom. The Morgan fingerprint density at radius 3 is 3.00 bits per heavy atom. The molecule has 0 radical (unpaired) electrons. The van der Waals surface area contributed by atoms with Gasteiger partial charge in [0.25, 0.3) is 0 Å². The first kappa shape index (κ1) is 10.5. The monoisotopic (exact) mass is 187 g/mol. The highest BCUT2D eigenvalue weighted by atomic mass is 16.5. The van der Waals surface area contributed by atoms with Crippen LogP contribution in [0.4, 0.5) is 0 Å². The molecule has 0 bridgehead atoms. The fraction of sp³-hybridized carbons (Fsp3) is 0.889. The van der Waals surface area contributed by atoms with E-state index in [0.29, 0.717) is 13.2 Å². The Bertz CT molecular complexity index is 166. The minimum atomic E-state index is -0.760. The maximum atomic E-state index is 10.9. The molecule has 1 rings (SSSR count). The van der Waals surface area contributed by atoms with Gasteiger partial charge in [0.2, 0.25) is 0 Å². The second kappa shape index (κ2) is 5.19. The first-order valence-electron chi connectivity index (χ1n) is 4.79. The summed E-state index contributed by atoms with van der Waals surface area (Å²) in [6, 6.07) is -0.428. The molecule has 0 spiro atoms. The highest BCUT2D eigenvalue weighted by molar-refractivity contribution is 5.73. The van der Waals surface area contributed by atoms with E-state index < -0.39 is 12.0 Å². The number of aliphatic carboxylic acids is 1. The van der Waals surface area contributed by atoms with Crippen molar-refractivity contribution in [3.05, 3.63) is 0 Å². The van der Waals surface area contributed by atoms with E-state index in [2.05, 4.69) is 5.32 Å². The number of ether oxygens (including phenoxy) is 1. The van der Waals surface area contributed by atoms with E-state index in [0.717, 1.165) is 19.4 Å². The average Bonchev–Trinajstić information content (AvgIpc) is 2.57. The summed E-state index contributed by atoms with van der Waals surface area (Å²) in [5.41, 5.74) is 0. The maximum Gasteiger partial charge on any atom is 0.321 e. The van der Waals surface area contributed by atoms with E-state index in [9.17, 15) is 4.79 Å². The van der Waals surface area contributed by atoms with Gasteiger partial charge in [0.05, 0.1) is 6.61 Å². The van der Waals surface area contributed by atoms with Crippen molar-refractivity contribution in [3.63, 3.8) is 0 Å². The smallest absolute Gasteiger partial charge is 0.321 e. The molecule has 1 saturated heterocycles. The zero-order valence-corrected chi connectivity index (χ0v) is 7.95. The third-order valence-corrected chi connectivity index (χ3v) is 2.32. The molecule has 1 fully saturated rings. The SMILES string of the molecule is CCCNC(C(=O)O)C1CCOC1. The van der Waals surface area contributed by atoms with Crippen molar-refractivity contribution in [1.29, 1.82) is 0 Å². The Morgan fingerprint density at radius 1 is 1.77 bits per heavy atom. The molecule has 0 aromatic rings. The Balaban J connectivity index is 2.40. The van der Waals surface area contributed by atoms with Gasteiger partial charge in [-0.1, -0.05) is 6.92 Å². The van der Waals surface area contributed by atoms with Crippen LogP contribution in [-0.4, -0.2) is 36.9 Å². The van der Waals surface area contributed by atoms with Crippen LogP contribution in [-0.2, 0) is 9.53 Å². The lowest BCUT2D eigenvalue weighted by Crippen LogP contribution is -2.43. The number of carboxylic acid groups (broad SMARTS) is 1. The molecule has 76 valence electrons. The minimum absolute atomic E-state index is 0.143. The molecule has 0 saturated carbocycles. The molecule has 0 aromatic heterocycles. The molecular formula is C9H17NO3. The van der Waals surface area contributed by atoms with Gasteiger partial charge in [-0.3, -0.25) is 4.79 Å². The van der Waals surface area contributed by atoms with E-state index in [1.54, 1.807) is 0 Å². The Hall–Kier alpha value is -0.610. The van der Waals surface area contributed by atoms with Gasteiger partial charge in [0.15, 0.2) is 0 Å². The van der Waals surface area contributed by atoms with Crippen LogP contribution in [0.25, 0.3) is 0 Å². The predicted molar refractivity (Wildman–Crippen MR) is 48.6 cm³/mol. The summed E-state index contributed by atoms with van der Waals surface area (Å²) in [7, 11) is 0. The van der Waals surface area contributed by atoms with E-state index in [4.69, 9.17) is 9.84 Å². The second-order valence-electron chi connectivity index (χ2n) is 3.39. The number of rotatable bonds is 5. The van der Waals surface area contributed by atoms with Crippen LogP contribution in [0, 0.1) is 5.92 Å². The molecule has 2 N–H and O–H groups in total. The Labute approximate surface area is 78.3 Å². The molecule has 1 aliphatic rings. The van der Waals surface area contributed by atoms with Gasteiger partial charge >= 0.3 is 5.97 Å². The molecule has 0 aliphatic carbocycles. The zero-order chi connectivity index (χ0) is 9.68. The van der Waals surface area contributed by atoms with Gasteiger partial charge < -0.3 is 15.2 Å². The summed E-state index contributed by atoms with van der Waals surface area (Å²) in [5, 5.41) is 12.0. The predicted octanol–water partition coefficient (Wildman–Crippen LogP) is 0.476. The van der Waals surface area contributed by atoms with Crippen molar-refractivity contribution in [2.24, 2.45) is 5.92 Å². The maximum absolute atomic E-state index is 10.9. The molecule has 0 amide bonds. The van der Waals surface area contributed by atoms with E-state index in [1.807, 2.05) is 6.92 Å². The summed E-state index contributed by atoms with van der Waals surface area (Å²) in [5.74, 6) is -0.618. The van der Waals surface area contributed by atoms with Crippen LogP contribution < -0.4 is 5.32 Å². The van der Waals surface area contributed by atoms with Crippen LogP contribution >= 0.6 is 0 Å². The quantitative estimate of drug-likeness (QED) is 0.657. The lowest BCUT2D eigenvalue weighted by Gasteiger charge is -2.18. The number of carboxylic acids is 1. The summed E-state index contributed by atoms with van der Waals surface area (Å²) < 4.78 is 5.16. The number of hydrogen-bond acceptors (Lipinski definition) is 3. The lowest BCUT2D eigenvalue weighted by atomic mass is 9.99. The van der Waals surface area contributed by atoms with Crippen LogP contribution in [0.15, 0.2) is 0 Å². The minimum Gasteiger partial charge on any atom is -0.480 e. The second-order valence-corrected chi connectivity index (χ2v) is 3.39. The van der Waals surface area contributed by atoms with Gasteiger partial charge in [-0.05, 0) is 19.4 Å². The van der Waals surface area contributed by atoms with Gasteiger partial charge in [0.1, 0.15) is 6.04 Å². The van der Waals surface area contributed by atoms with Crippen molar-refractivity contribution in [1.82, 2.24) is 5.32 Å². The molecule has 4 nitrogen and oxygen atoms in total. The first-order chi connectivity index (χ1) is 6.25. The van der Waals surface area contributed by atoms with Gasteiger partial charge in [-0.25, -0.2) is 0 Å². The summed E-state index contributed by atoms with van der Waals surface area (Å²) >= 11 is 0. The van der Waals surface area contributed by atoms with Crippen LogP contribution in [0.5, 0.6) is 0 Å². The van der Waals surface area contributed by atoms with Crippen molar-refractivity contribution < 1.29 is 14.6 Å². The van der Waals surface area contributed by atoms with Gasteiger partial charge in [-0.2, -0.15) is 0 Å². The molecule has 0 aromatic carbocycles. The number of nitrogens with one attached hydrogen (secondary N) is 1. The van der Waals surface area contributed by atoms with Crippen molar-refractivity contribution >= 4 is 5.97 Å². The molecule has 13 heavy (non-hydrogen) atoms. The average molecular weight is 187 g/mol. The molecule has 4 heteroatoms. The standard InChI is InChI=1S/C9H17NO3/c1-2-4-10-8(9(11)12)7-3-5-13-6-7/h7-8,10H,2-6H2,1H3,(H,11,12). The van der Waals surface area contributed by atoms with Crippen LogP contribution in [0.2, 0.25) is 0 Å². The van der Waals surface area contributed by atoms with E-state index >= 15 is 0 Å². The molecule has 1 heterocycles. The molecule has 2 unspecified atom stereocenters. The molecule has 1 aliphatic heterocycles. The highest BCUT2D eigenvalue weighted by Crippen LogP contribution is 2.16. The third kappa shape index (κ3) is 2.97. The highest BCUT2D eigenvalue weighted by Gasteiger charge is 2.30. The van der Waals surface area contributed by atoms with Crippen LogP contribution in [0.3, 0.4) is 0 Å². The fourth-order valence-electron chi connectivity index (χ4n) is 1.57. The molecule has 2 atom stereocenters. The van der Waals surface area contributed by atoms with Gasteiger partial charge in [-0.15, -0.1) is 0 Å². The fourth-order valence-corrected chi connectivity index (χ4v) is 1.57. The summed E-state index contributed by atoms with van der Waals surface area (Å²) in [4.78, 5) is 10.9. The molecular weight excluding hydrogens is 170 g/mol. The largest absolute Gasteiger partial charge is 0.480 e. The number of carbonyl (C=O) groups is 1.